The second-order valence-corrected chi connectivity index (χ2v) is 3.62. The molecule has 0 bridgehead atoms. The molecule has 0 fully saturated rings. The molecule has 0 saturated heterocycles. The van der Waals surface area contributed by atoms with E-state index in [-0.39, 0.29) is 5.92 Å². The fourth-order valence-corrected chi connectivity index (χ4v) is 1.61. The Labute approximate surface area is 93.3 Å². The van der Waals surface area contributed by atoms with Gasteiger partial charge in [-0.05, 0) is 19.1 Å². The van der Waals surface area contributed by atoms with Crippen molar-refractivity contribution >= 4 is 5.65 Å². The third-order valence-corrected chi connectivity index (χ3v) is 2.42. The number of rotatable bonds is 3. The molecule has 0 aliphatic rings. The van der Waals surface area contributed by atoms with Crippen LogP contribution >= 0.6 is 0 Å². The first-order chi connectivity index (χ1) is 7.76. The number of ether oxygens (including phenoxy) is 1. The molecule has 82 valence electrons. The molecule has 0 spiro atoms. The smallest absolute Gasteiger partial charge is 0.198 e. The number of methoxy groups -OCH3 is 1. The van der Waals surface area contributed by atoms with Crippen LogP contribution in [0, 0.1) is 17.2 Å². The standard InChI is InChI=1S/C11H12N4O/c1-8(6-12)5-9-3-4-10(16-2)11-13-7-14-15(9)11/h3-4,7-8H,5H2,1-2H3. The summed E-state index contributed by atoms with van der Waals surface area (Å²) in [4.78, 5) is 4.13. The monoisotopic (exact) mass is 216 g/mol. The van der Waals surface area contributed by atoms with Gasteiger partial charge in [0.25, 0.3) is 0 Å². The Morgan fingerprint density at radius 3 is 3.06 bits per heavy atom. The molecular weight excluding hydrogens is 204 g/mol. The van der Waals surface area contributed by atoms with Crippen LogP contribution in [0.3, 0.4) is 0 Å². The van der Waals surface area contributed by atoms with Gasteiger partial charge in [0.2, 0.25) is 0 Å². The van der Waals surface area contributed by atoms with Gasteiger partial charge in [-0.1, -0.05) is 0 Å². The first-order valence-corrected chi connectivity index (χ1v) is 5.01. The highest BCUT2D eigenvalue weighted by molar-refractivity contribution is 5.53. The van der Waals surface area contributed by atoms with Crippen LogP contribution in [0.2, 0.25) is 0 Å². The van der Waals surface area contributed by atoms with Crippen LogP contribution in [0.15, 0.2) is 18.5 Å². The number of hydrogen-bond acceptors (Lipinski definition) is 4. The molecule has 16 heavy (non-hydrogen) atoms. The van der Waals surface area contributed by atoms with Crippen molar-refractivity contribution in [2.24, 2.45) is 5.92 Å². The average molecular weight is 216 g/mol. The Kier molecular flexibility index (Phi) is 2.73. The predicted octanol–water partition coefficient (Wildman–Crippen LogP) is 1.44. The molecule has 0 aliphatic heterocycles. The number of fused-ring (bicyclic) bond motifs is 1. The molecule has 5 heteroatoms. The van der Waals surface area contributed by atoms with E-state index in [2.05, 4.69) is 16.2 Å². The lowest BCUT2D eigenvalue weighted by molar-refractivity contribution is 0.416. The van der Waals surface area contributed by atoms with E-state index in [0.29, 0.717) is 17.8 Å². The summed E-state index contributed by atoms with van der Waals surface area (Å²) in [6, 6.07) is 5.97. The third kappa shape index (κ3) is 1.70. The van der Waals surface area contributed by atoms with Crippen LogP contribution in [0.1, 0.15) is 12.6 Å². The summed E-state index contributed by atoms with van der Waals surface area (Å²) < 4.78 is 6.90. The van der Waals surface area contributed by atoms with E-state index >= 15 is 0 Å². The second kappa shape index (κ2) is 4.19. The van der Waals surface area contributed by atoms with Crippen LogP contribution < -0.4 is 4.74 Å². The summed E-state index contributed by atoms with van der Waals surface area (Å²) in [6.07, 6.45) is 2.14. The second-order valence-electron chi connectivity index (χ2n) is 3.62. The lowest BCUT2D eigenvalue weighted by Gasteiger charge is -2.07. The lowest BCUT2D eigenvalue weighted by atomic mass is 10.1. The van der Waals surface area contributed by atoms with E-state index in [9.17, 15) is 0 Å². The number of aromatic nitrogens is 3. The van der Waals surface area contributed by atoms with Crippen molar-refractivity contribution in [3.63, 3.8) is 0 Å². The van der Waals surface area contributed by atoms with Gasteiger partial charge in [0, 0.05) is 18.0 Å². The van der Waals surface area contributed by atoms with Gasteiger partial charge in [0.05, 0.1) is 13.2 Å². The molecule has 5 nitrogen and oxygen atoms in total. The van der Waals surface area contributed by atoms with Gasteiger partial charge in [-0.2, -0.15) is 10.4 Å². The zero-order valence-electron chi connectivity index (χ0n) is 9.21. The van der Waals surface area contributed by atoms with Crippen molar-refractivity contribution in [2.45, 2.75) is 13.3 Å². The summed E-state index contributed by atoms with van der Waals surface area (Å²) in [7, 11) is 1.60. The maximum atomic E-state index is 8.80. The SMILES string of the molecule is COc1ccc(CC(C)C#N)n2ncnc12. The van der Waals surface area contributed by atoms with Crippen LogP contribution in [0.5, 0.6) is 5.75 Å². The predicted molar refractivity (Wildman–Crippen MR) is 58.0 cm³/mol. The minimum atomic E-state index is -0.0409. The minimum absolute atomic E-state index is 0.0409. The quantitative estimate of drug-likeness (QED) is 0.778. The molecule has 0 N–H and O–H groups in total. The van der Waals surface area contributed by atoms with Crippen molar-refractivity contribution in [1.82, 2.24) is 14.6 Å². The molecule has 0 aliphatic carbocycles. The van der Waals surface area contributed by atoms with Gasteiger partial charge in [-0.15, -0.1) is 0 Å². The third-order valence-electron chi connectivity index (χ3n) is 2.42. The van der Waals surface area contributed by atoms with Gasteiger partial charge >= 0.3 is 0 Å². The van der Waals surface area contributed by atoms with Crippen molar-refractivity contribution in [3.8, 4) is 11.8 Å². The lowest BCUT2D eigenvalue weighted by Crippen LogP contribution is -2.05. The van der Waals surface area contributed by atoms with E-state index in [4.69, 9.17) is 10.00 Å². The normalized spacial score (nSPS) is 12.3. The Bertz CT molecular complexity index is 540. The molecule has 0 saturated carbocycles. The largest absolute Gasteiger partial charge is 0.493 e. The molecule has 2 heterocycles. The zero-order valence-corrected chi connectivity index (χ0v) is 9.21. The van der Waals surface area contributed by atoms with Gasteiger partial charge in [0.1, 0.15) is 6.33 Å². The number of nitriles is 1. The van der Waals surface area contributed by atoms with E-state index in [1.54, 1.807) is 11.6 Å². The highest BCUT2D eigenvalue weighted by Crippen LogP contribution is 2.19. The Hall–Kier alpha value is -2.09. The van der Waals surface area contributed by atoms with Crippen molar-refractivity contribution in [1.29, 1.82) is 5.26 Å². The summed E-state index contributed by atoms with van der Waals surface area (Å²) in [5.41, 5.74) is 1.65. The Morgan fingerprint density at radius 1 is 1.56 bits per heavy atom. The van der Waals surface area contributed by atoms with Crippen LogP contribution in [0.25, 0.3) is 5.65 Å². The van der Waals surface area contributed by atoms with Gasteiger partial charge in [-0.25, -0.2) is 9.50 Å². The van der Waals surface area contributed by atoms with Gasteiger partial charge in [-0.3, -0.25) is 0 Å². The zero-order chi connectivity index (χ0) is 11.5. The first-order valence-electron chi connectivity index (χ1n) is 5.01. The van der Waals surface area contributed by atoms with Crippen molar-refractivity contribution in [3.05, 3.63) is 24.2 Å². The van der Waals surface area contributed by atoms with Crippen molar-refractivity contribution < 1.29 is 4.74 Å². The molecular formula is C11H12N4O. The molecule has 1 atom stereocenters. The van der Waals surface area contributed by atoms with Gasteiger partial charge < -0.3 is 4.74 Å². The minimum Gasteiger partial charge on any atom is -0.493 e. The van der Waals surface area contributed by atoms with Crippen LogP contribution in [0.4, 0.5) is 0 Å². The van der Waals surface area contributed by atoms with Crippen LogP contribution in [-0.4, -0.2) is 21.7 Å². The number of hydrogen-bond donors (Lipinski definition) is 0. The molecule has 0 aromatic carbocycles. The maximum absolute atomic E-state index is 8.80. The molecule has 2 aromatic heterocycles. The summed E-state index contributed by atoms with van der Waals surface area (Å²) in [5.74, 6) is 0.645. The highest BCUT2D eigenvalue weighted by atomic mass is 16.5. The summed E-state index contributed by atoms with van der Waals surface area (Å²) >= 11 is 0. The Morgan fingerprint density at radius 2 is 2.38 bits per heavy atom. The van der Waals surface area contributed by atoms with Crippen molar-refractivity contribution in [2.75, 3.05) is 7.11 Å². The van der Waals surface area contributed by atoms with Crippen LogP contribution in [-0.2, 0) is 6.42 Å². The topological polar surface area (TPSA) is 63.2 Å². The highest BCUT2D eigenvalue weighted by Gasteiger charge is 2.10. The number of pyridine rings is 1. The molecule has 0 radical (unpaired) electrons. The molecule has 2 rings (SSSR count). The molecule has 0 amide bonds. The summed E-state index contributed by atoms with van der Waals surface area (Å²) in [6.45, 7) is 1.88. The maximum Gasteiger partial charge on any atom is 0.198 e. The van der Waals surface area contributed by atoms with E-state index in [1.165, 1.54) is 6.33 Å². The van der Waals surface area contributed by atoms with E-state index < -0.39 is 0 Å². The first kappa shape index (κ1) is 10.4. The van der Waals surface area contributed by atoms with E-state index in [1.807, 2.05) is 19.1 Å². The Balaban J connectivity index is 2.48. The molecule has 2 aromatic rings. The average Bonchev–Trinajstić information content (AvgIpc) is 2.78. The summed E-state index contributed by atoms with van der Waals surface area (Å²) in [5, 5.41) is 12.9. The fraction of sp³-hybridized carbons (Fsp3) is 0.364. The number of nitrogens with zero attached hydrogens (tertiary/aromatic N) is 4. The van der Waals surface area contributed by atoms with E-state index in [0.717, 1.165) is 5.69 Å². The van der Waals surface area contributed by atoms with Gasteiger partial charge in [0.15, 0.2) is 11.4 Å². The fourth-order valence-electron chi connectivity index (χ4n) is 1.61. The molecule has 1 unspecified atom stereocenters.